The topological polar surface area (TPSA) is 69.6 Å². The Bertz CT molecular complexity index is 357. The number of hydrogen-bond acceptors (Lipinski definition) is 2. The lowest BCUT2D eigenvalue weighted by Gasteiger charge is -2.30. The average Bonchev–Trinajstić information content (AvgIpc) is 3.15. The van der Waals surface area contributed by atoms with E-state index in [0.29, 0.717) is 31.3 Å². The number of rotatable bonds is 4. The van der Waals surface area contributed by atoms with Gasteiger partial charge >= 0.3 is 12.0 Å². The van der Waals surface area contributed by atoms with Gasteiger partial charge in [0.2, 0.25) is 0 Å². The summed E-state index contributed by atoms with van der Waals surface area (Å²) in [5.74, 6) is 0.856. The number of amides is 2. The Morgan fingerprint density at radius 1 is 1.42 bits per heavy atom. The number of urea groups is 1. The summed E-state index contributed by atoms with van der Waals surface area (Å²) in [5, 5.41) is 12.0. The molecule has 108 valence electrons. The molecule has 1 saturated heterocycles. The van der Waals surface area contributed by atoms with Crippen LogP contribution in [0.25, 0.3) is 0 Å². The van der Waals surface area contributed by atoms with Crippen molar-refractivity contribution in [3.05, 3.63) is 0 Å². The number of carbonyl (C=O) groups excluding carboxylic acids is 1. The van der Waals surface area contributed by atoms with Crippen molar-refractivity contribution in [3.8, 4) is 0 Å². The lowest BCUT2D eigenvalue weighted by atomic mass is 9.99. The van der Waals surface area contributed by atoms with Crippen molar-refractivity contribution in [2.24, 2.45) is 23.7 Å². The Hall–Kier alpha value is -1.26. The zero-order chi connectivity index (χ0) is 14.0. The quantitative estimate of drug-likeness (QED) is 0.816. The van der Waals surface area contributed by atoms with Gasteiger partial charge in [-0.3, -0.25) is 4.79 Å². The first-order chi connectivity index (χ1) is 8.99. The van der Waals surface area contributed by atoms with Crippen LogP contribution >= 0.6 is 0 Å². The van der Waals surface area contributed by atoms with E-state index in [1.54, 1.807) is 4.90 Å². The van der Waals surface area contributed by atoms with E-state index >= 15 is 0 Å². The molecule has 1 heterocycles. The molecule has 1 aliphatic heterocycles. The molecule has 2 fully saturated rings. The van der Waals surface area contributed by atoms with Crippen molar-refractivity contribution in [1.82, 2.24) is 10.2 Å². The van der Waals surface area contributed by atoms with Gasteiger partial charge in [-0.2, -0.15) is 0 Å². The van der Waals surface area contributed by atoms with E-state index in [9.17, 15) is 9.59 Å². The number of carboxylic acid groups (broad SMARTS) is 1. The number of likely N-dealkylation sites (tertiary alicyclic amines) is 1. The van der Waals surface area contributed by atoms with Crippen molar-refractivity contribution in [3.63, 3.8) is 0 Å². The standard InChI is InChI=1S/C14H24N2O3/c1-9(2)12-6-11(12)7-15-14(19)16-5-3-4-10(8-16)13(17)18/h9-12H,3-8H2,1-2H3,(H,15,19)(H,17,18)/t10?,11-,12-/m0/s1. The summed E-state index contributed by atoms with van der Waals surface area (Å²) in [6.45, 7) is 6.19. The average molecular weight is 268 g/mol. The fourth-order valence-corrected chi connectivity index (χ4v) is 3.02. The number of hydrogen-bond donors (Lipinski definition) is 2. The first-order valence-corrected chi connectivity index (χ1v) is 7.24. The maximum atomic E-state index is 12.0. The van der Waals surface area contributed by atoms with Gasteiger partial charge in [-0.25, -0.2) is 4.79 Å². The molecule has 1 unspecified atom stereocenters. The molecule has 0 bridgehead atoms. The van der Waals surface area contributed by atoms with E-state index in [2.05, 4.69) is 19.2 Å². The molecule has 1 saturated carbocycles. The molecule has 0 aromatic carbocycles. The minimum Gasteiger partial charge on any atom is -0.481 e. The van der Waals surface area contributed by atoms with Crippen LogP contribution in [0, 0.1) is 23.7 Å². The first kappa shape index (κ1) is 14.2. The molecule has 5 heteroatoms. The largest absolute Gasteiger partial charge is 0.481 e. The lowest BCUT2D eigenvalue weighted by molar-refractivity contribution is -0.143. The number of carbonyl (C=O) groups is 2. The molecule has 0 spiro atoms. The first-order valence-electron chi connectivity index (χ1n) is 7.24. The summed E-state index contributed by atoms with van der Waals surface area (Å²) < 4.78 is 0. The second-order valence-corrected chi connectivity index (χ2v) is 6.21. The molecule has 1 aliphatic carbocycles. The number of nitrogens with zero attached hydrogens (tertiary/aromatic N) is 1. The Morgan fingerprint density at radius 3 is 2.74 bits per heavy atom. The third-order valence-corrected chi connectivity index (χ3v) is 4.41. The molecule has 2 N–H and O–H groups in total. The fourth-order valence-electron chi connectivity index (χ4n) is 3.02. The van der Waals surface area contributed by atoms with Crippen LogP contribution < -0.4 is 5.32 Å². The summed E-state index contributed by atoms with van der Waals surface area (Å²) in [4.78, 5) is 24.6. The number of carboxylic acids is 1. The van der Waals surface area contributed by atoms with Gasteiger partial charge in [0, 0.05) is 19.6 Å². The number of piperidine rings is 1. The molecule has 0 radical (unpaired) electrons. The molecule has 5 nitrogen and oxygen atoms in total. The second kappa shape index (κ2) is 5.80. The summed E-state index contributed by atoms with van der Waals surface area (Å²) in [7, 11) is 0. The molecular weight excluding hydrogens is 244 g/mol. The SMILES string of the molecule is CC(C)[C@@H]1C[C@H]1CNC(=O)N1CCCC(C(=O)O)C1. The van der Waals surface area contributed by atoms with Gasteiger partial charge in [0.1, 0.15) is 0 Å². The maximum Gasteiger partial charge on any atom is 0.317 e. The van der Waals surface area contributed by atoms with E-state index in [4.69, 9.17) is 5.11 Å². The summed E-state index contributed by atoms with van der Waals surface area (Å²) in [6.07, 6.45) is 2.66. The predicted molar refractivity (Wildman–Crippen MR) is 71.8 cm³/mol. The van der Waals surface area contributed by atoms with Crippen LogP contribution in [0.4, 0.5) is 4.79 Å². The molecule has 3 atom stereocenters. The minimum atomic E-state index is -0.792. The zero-order valence-corrected chi connectivity index (χ0v) is 11.8. The highest BCUT2D eigenvalue weighted by molar-refractivity contribution is 5.76. The maximum absolute atomic E-state index is 12.0. The fraction of sp³-hybridized carbons (Fsp3) is 0.857. The van der Waals surface area contributed by atoms with Crippen LogP contribution in [-0.4, -0.2) is 41.6 Å². The van der Waals surface area contributed by atoms with Crippen LogP contribution in [-0.2, 0) is 4.79 Å². The molecule has 0 aromatic heterocycles. The van der Waals surface area contributed by atoms with Crippen LogP contribution in [0.3, 0.4) is 0 Å². The van der Waals surface area contributed by atoms with Crippen LogP contribution in [0.1, 0.15) is 33.1 Å². The van der Waals surface area contributed by atoms with Gasteiger partial charge in [0.05, 0.1) is 5.92 Å². The van der Waals surface area contributed by atoms with E-state index in [-0.39, 0.29) is 6.03 Å². The highest BCUT2D eigenvalue weighted by atomic mass is 16.4. The highest BCUT2D eigenvalue weighted by Gasteiger charge is 2.39. The molecule has 19 heavy (non-hydrogen) atoms. The summed E-state index contributed by atoms with van der Waals surface area (Å²) in [5.41, 5.74) is 0. The van der Waals surface area contributed by atoms with E-state index in [1.165, 1.54) is 6.42 Å². The van der Waals surface area contributed by atoms with E-state index in [0.717, 1.165) is 18.9 Å². The Balaban J connectivity index is 1.73. The van der Waals surface area contributed by atoms with Crippen LogP contribution in [0.15, 0.2) is 0 Å². The Kier molecular flexibility index (Phi) is 4.32. The highest BCUT2D eigenvalue weighted by Crippen LogP contribution is 2.43. The van der Waals surface area contributed by atoms with Gasteiger partial charge in [0.25, 0.3) is 0 Å². The molecule has 2 rings (SSSR count). The lowest BCUT2D eigenvalue weighted by Crippen LogP contribution is -2.47. The molecule has 2 amide bonds. The van der Waals surface area contributed by atoms with Gasteiger partial charge in [-0.15, -0.1) is 0 Å². The molecule has 2 aliphatic rings. The van der Waals surface area contributed by atoms with Crippen molar-refractivity contribution >= 4 is 12.0 Å². The normalized spacial score (nSPS) is 30.3. The Morgan fingerprint density at radius 2 is 2.16 bits per heavy atom. The van der Waals surface area contributed by atoms with E-state index in [1.807, 2.05) is 0 Å². The number of nitrogens with one attached hydrogen (secondary N) is 1. The van der Waals surface area contributed by atoms with Gasteiger partial charge < -0.3 is 15.3 Å². The monoisotopic (exact) mass is 268 g/mol. The van der Waals surface area contributed by atoms with Crippen LogP contribution in [0.5, 0.6) is 0 Å². The third kappa shape index (κ3) is 3.61. The molecular formula is C14H24N2O3. The second-order valence-electron chi connectivity index (χ2n) is 6.21. The van der Waals surface area contributed by atoms with Gasteiger partial charge in [-0.1, -0.05) is 13.8 Å². The summed E-state index contributed by atoms with van der Waals surface area (Å²) in [6, 6.07) is -0.0969. The number of aliphatic carboxylic acids is 1. The summed E-state index contributed by atoms with van der Waals surface area (Å²) >= 11 is 0. The molecule has 0 aromatic rings. The zero-order valence-electron chi connectivity index (χ0n) is 11.8. The van der Waals surface area contributed by atoms with Crippen molar-refractivity contribution in [1.29, 1.82) is 0 Å². The minimum absolute atomic E-state index is 0.0969. The van der Waals surface area contributed by atoms with Crippen molar-refractivity contribution < 1.29 is 14.7 Å². The van der Waals surface area contributed by atoms with Crippen molar-refractivity contribution in [2.75, 3.05) is 19.6 Å². The Labute approximate surface area is 114 Å². The van der Waals surface area contributed by atoms with Crippen molar-refractivity contribution in [2.45, 2.75) is 33.1 Å². The van der Waals surface area contributed by atoms with Gasteiger partial charge in [-0.05, 0) is 37.0 Å². The smallest absolute Gasteiger partial charge is 0.317 e. The third-order valence-electron chi connectivity index (χ3n) is 4.41. The van der Waals surface area contributed by atoms with E-state index < -0.39 is 11.9 Å². The van der Waals surface area contributed by atoms with Gasteiger partial charge in [0.15, 0.2) is 0 Å². The predicted octanol–water partition coefficient (Wildman–Crippen LogP) is 1.78. The van der Waals surface area contributed by atoms with Crippen LogP contribution in [0.2, 0.25) is 0 Å².